The monoisotopic (exact) mass is 503 g/mol. The van der Waals surface area contributed by atoms with E-state index < -0.39 is 12.5 Å². The first kappa shape index (κ1) is 24.1. The van der Waals surface area contributed by atoms with Gasteiger partial charge in [0, 0.05) is 49.6 Å². The Morgan fingerprint density at radius 1 is 1.34 bits per heavy atom. The van der Waals surface area contributed by atoms with E-state index in [1.54, 1.807) is 4.68 Å². The van der Waals surface area contributed by atoms with Gasteiger partial charge >= 0.3 is 0 Å². The molecule has 0 unspecified atom stereocenters. The van der Waals surface area contributed by atoms with Crippen molar-refractivity contribution >= 4 is 28.1 Å². The molecule has 3 aromatic rings. The number of thiazole rings is 1. The number of hydrogen-bond acceptors (Lipinski definition) is 6. The predicted molar refractivity (Wildman–Crippen MR) is 131 cm³/mol. The zero-order valence-electron chi connectivity index (χ0n) is 20.1. The van der Waals surface area contributed by atoms with Gasteiger partial charge in [0.1, 0.15) is 0 Å². The van der Waals surface area contributed by atoms with Crippen LogP contribution in [-0.2, 0) is 20.0 Å². The van der Waals surface area contributed by atoms with E-state index in [9.17, 15) is 13.6 Å². The molecular formula is C25H31F2N5O2S. The van der Waals surface area contributed by atoms with E-state index in [4.69, 9.17) is 4.74 Å². The van der Waals surface area contributed by atoms with Crippen molar-refractivity contribution in [3.8, 4) is 5.19 Å². The third kappa shape index (κ3) is 5.81. The van der Waals surface area contributed by atoms with Crippen LogP contribution >= 0.6 is 11.3 Å². The quantitative estimate of drug-likeness (QED) is 0.493. The number of benzene rings is 1. The first-order valence-corrected chi connectivity index (χ1v) is 13.0. The zero-order chi connectivity index (χ0) is 24.6. The molecular weight excluding hydrogens is 472 g/mol. The van der Waals surface area contributed by atoms with Crippen LogP contribution in [0.3, 0.4) is 0 Å². The number of rotatable bonds is 8. The van der Waals surface area contributed by atoms with Crippen molar-refractivity contribution in [1.82, 2.24) is 25.0 Å². The number of alkyl halides is 2. The van der Waals surface area contributed by atoms with E-state index in [0.29, 0.717) is 16.7 Å². The molecule has 35 heavy (non-hydrogen) atoms. The second-order valence-electron chi connectivity index (χ2n) is 9.91. The first-order chi connectivity index (χ1) is 16.7. The summed E-state index contributed by atoms with van der Waals surface area (Å²) in [6, 6.07) is 5.86. The van der Waals surface area contributed by atoms with Crippen LogP contribution in [0.4, 0.5) is 8.78 Å². The molecule has 1 saturated carbocycles. The fraction of sp³-hybridized carbons (Fsp3) is 0.560. The average molecular weight is 504 g/mol. The Balaban J connectivity index is 1.09. The summed E-state index contributed by atoms with van der Waals surface area (Å²) in [7, 11) is 1.86. The highest BCUT2D eigenvalue weighted by Crippen LogP contribution is 2.33. The molecule has 5 rings (SSSR count). The van der Waals surface area contributed by atoms with E-state index in [-0.39, 0.29) is 11.9 Å². The van der Waals surface area contributed by atoms with E-state index in [1.165, 1.54) is 11.3 Å². The SMILES string of the molecule is Cn1cc2c(C(=O)N[C@H]3CC[C@@H](CCN4CCc5sc(OCC(C)(F)F)nc5C4)C3)cccc2n1. The highest BCUT2D eigenvalue weighted by Gasteiger charge is 2.29. The number of amides is 1. The number of aromatic nitrogens is 3. The maximum atomic E-state index is 13.1. The van der Waals surface area contributed by atoms with Gasteiger partial charge in [0.25, 0.3) is 17.0 Å². The van der Waals surface area contributed by atoms with Crippen LogP contribution in [0.1, 0.15) is 53.5 Å². The number of nitrogens with zero attached hydrogens (tertiary/aromatic N) is 4. The molecule has 1 aliphatic heterocycles. The summed E-state index contributed by atoms with van der Waals surface area (Å²) in [4.78, 5) is 20.9. The van der Waals surface area contributed by atoms with E-state index in [2.05, 4.69) is 20.3 Å². The number of fused-ring (bicyclic) bond motifs is 2. The van der Waals surface area contributed by atoms with Crippen LogP contribution in [0, 0.1) is 5.92 Å². The lowest BCUT2D eigenvalue weighted by atomic mass is 10.0. The standard InChI is InChI=1S/C25H31F2N5O2S/c1-25(26,27)15-34-24-29-21-14-32(11-9-22(21)35-24)10-8-16-6-7-17(12-16)28-23(33)18-4-3-5-20-19(18)13-31(2)30-20/h3-5,13,16-17H,6-12,14-15H2,1-2H3,(H,28,33)/t16-,17-/m0/s1. The second kappa shape index (κ2) is 9.81. The Hall–Kier alpha value is -2.59. The normalized spacial score (nSPS) is 20.8. The van der Waals surface area contributed by atoms with Gasteiger partial charge in [-0.2, -0.15) is 5.10 Å². The van der Waals surface area contributed by atoms with Crippen LogP contribution in [0.2, 0.25) is 0 Å². The summed E-state index contributed by atoms with van der Waals surface area (Å²) in [6.45, 7) is 2.86. The number of carbonyl (C=O) groups excluding carboxylic acids is 1. The highest BCUT2D eigenvalue weighted by atomic mass is 32.1. The molecule has 7 nitrogen and oxygen atoms in total. The van der Waals surface area contributed by atoms with E-state index in [0.717, 1.165) is 80.1 Å². The molecule has 1 aliphatic carbocycles. The van der Waals surface area contributed by atoms with Gasteiger partial charge in [0.05, 0.1) is 16.8 Å². The molecule has 1 N–H and O–H groups in total. The molecule has 1 fully saturated rings. The molecule has 2 aromatic heterocycles. The molecule has 3 heterocycles. The Labute approximate surface area is 207 Å². The average Bonchev–Trinajstić information content (AvgIpc) is 3.52. The summed E-state index contributed by atoms with van der Waals surface area (Å²) in [5, 5.41) is 8.85. The van der Waals surface area contributed by atoms with Crippen molar-refractivity contribution < 1.29 is 18.3 Å². The van der Waals surface area contributed by atoms with Gasteiger partial charge < -0.3 is 10.1 Å². The van der Waals surface area contributed by atoms with Gasteiger partial charge in [-0.05, 0) is 56.7 Å². The number of carbonyl (C=O) groups is 1. The third-order valence-electron chi connectivity index (χ3n) is 6.88. The molecule has 2 aliphatic rings. The molecule has 0 radical (unpaired) electrons. The van der Waals surface area contributed by atoms with Gasteiger partial charge in [-0.15, -0.1) is 0 Å². The molecule has 2 atom stereocenters. The summed E-state index contributed by atoms with van der Waals surface area (Å²) >= 11 is 1.39. The minimum atomic E-state index is -2.86. The predicted octanol–water partition coefficient (Wildman–Crippen LogP) is 4.41. The molecule has 1 amide bonds. The van der Waals surface area contributed by atoms with Gasteiger partial charge in [-0.1, -0.05) is 17.4 Å². The largest absolute Gasteiger partial charge is 0.464 e. The minimum absolute atomic E-state index is 0.0276. The minimum Gasteiger partial charge on any atom is -0.464 e. The van der Waals surface area contributed by atoms with E-state index >= 15 is 0 Å². The zero-order valence-corrected chi connectivity index (χ0v) is 20.9. The molecule has 10 heteroatoms. The Morgan fingerprint density at radius 2 is 2.20 bits per heavy atom. The number of aryl methyl sites for hydroxylation is 1. The Morgan fingerprint density at radius 3 is 3.03 bits per heavy atom. The third-order valence-corrected chi connectivity index (χ3v) is 7.95. The summed E-state index contributed by atoms with van der Waals surface area (Å²) < 4.78 is 33.1. The summed E-state index contributed by atoms with van der Waals surface area (Å²) in [5.41, 5.74) is 2.46. The maximum Gasteiger partial charge on any atom is 0.278 e. The topological polar surface area (TPSA) is 72.3 Å². The van der Waals surface area contributed by atoms with Crippen molar-refractivity contribution in [3.63, 3.8) is 0 Å². The smallest absolute Gasteiger partial charge is 0.278 e. The number of ether oxygens (including phenoxy) is 1. The Bertz CT molecular complexity index is 1200. The fourth-order valence-electron chi connectivity index (χ4n) is 5.13. The molecule has 0 saturated heterocycles. The second-order valence-corrected chi connectivity index (χ2v) is 11.0. The molecule has 0 bridgehead atoms. The molecule has 0 spiro atoms. The lowest BCUT2D eigenvalue weighted by Crippen LogP contribution is -2.33. The number of halogens is 2. The van der Waals surface area contributed by atoms with Crippen molar-refractivity contribution in [2.75, 3.05) is 19.7 Å². The van der Waals surface area contributed by atoms with Crippen LogP contribution in [0.15, 0.2) is 24.4 Å². The van der Waals surface area contributed by atoms with Crippen LogP contribution in [0.5, 0.6) is 5.19 Å². The first-order valence-electron chi connectivity index (χ1n) is 12.2. The summed E-state index contributed by atoms with van der Waals surface area (Å²) in [5.74, 6) is -2.31. The van der Waals surface area contributed by atoms with Gasteiger partial charge in [-0.3, -0.25) is 14.4 Å². The lowest BCUT2D eigenvalue weighted by molar-refractivity contribution is -0.0230. The van der Waals surface area contributed by atoms with Crippen molar-refractivity contribution in [2.24, 2.45) is 13.0 Å². The van der Waals surface area contributed by atoms with Crippen LogP contribution in [-0.4, -0.2) is 57.2 Å². The molecule has 188 valence electrons. The summed E-state index contributed by atoms with van der Waals surface area (Å²) in [6.07, 6.45) is 6.95. The van der Waals surface area contributed by atoms with Crippen molar-refractivity contribution in [2.45, 2.75) is 57.5 Å². The van der Waals surface area contributed by atoms with Gasteiger partial charge in [-0.25, -0.2) is 13.8 Å². The van der Waals surface area contributed by atoms with Crippen molar-refractivity contribution in [1.29, 1.82) is 0 Å². The molecule has 1 aromatic carbocycles. The van der Waals surface area contributed by atoms with Crippen molar-refractivity contribution in [3.05, 3.63) is 40.5 Å². The van der Waals surface area contributed by atoms with Gasteiger partial charge in [0.15, 0.2) is 6.61 Å². The lowest BCUT2D eigenvalue weighted by Gasteiger charge is -2.26. The van der Waals surface area contributed by atoms with E-state index in [1.807, 2.05) is 31.4 Å². The highest BCUT2D eigenvalue weighted by molar-refractivity contribution is 7.13. The Kier molecular flexibility index (Phi) is 6.76. The maximum absolute atomic E-state index is 13.1. The fourth-order valence-corrected chi connectivity index (χ4v) is 6.03. The van der Waals surface area contributed by atoms with Gasteiger partial charge in [0.2, 0.25) is 0 Å². The number of hydrogen-bond donors (Lipinski definition) is 1. The van der Waals surface area contributed by atoms with Crippen LogP contribution in [0.25, 0.3) is 10.9 Å². The number of nitrogens with one attached hydrogen (secondary N) is 1. The van der Waals surface area contributed by atoms with Crippen LogP contribution < -0.4 is 10.1 Å².